The van der Waals surface area contributed by atoms with E-state index in [1.807, 2.05) is 24.3 Å². The van der Waals surface area contributed by atoms with Crippen LogP contribution in [0.3, 0.4) is 0 Å². The Morgan fingerprint density at radius 3 is 2.58 bits per heavy atom. The standard InChI is InChI=1S/C16H18BrNO5S/c1-18(14-8-9-24(21,22)11-14)15(19)10-23-16(20)7-4-12-2-5-13(17)6-3-12/h2-7,14H,8-11H2,1H3/b7-4+/t14-/m1/s1. The number of carbonyl (C=O) groups excluding carboxylic acids is 2. The van der Waals surface area contributed by atoms with Crippen molar-refractivity contribution >= 4 is 43.7 Å². The third kappa shape index (κ3) is 5.45. The summed E-state index contributed by atoms with van der Waals surface area (Å²) in [5.41, 5.74) is 0.828. The summed E-state index contributed by atoms with van der Waals surface area (Å²) in [7, 11) is -1.54. The Labute approximate surface area is 149 Å². The van der Waals surface area contributed by atoms with Crippen molar-refractivity contribution in [2.45, 2.75) is 12.5 Å². The fourth-order valence-corrected chi connectivity index (χ4v) is 4.34. The molecule has 2 rings (SSSR count). The summed E-state index contributed by atoms with van der Waals surface area (Å²) in [4.78, 5) is 25.0. The van der Waals surface area contributed by atoms with E-state index in [9.17, 15) is 18.0 Å². The molecule has 0 aromatic heterocycles. The molecule has 1 aromatic carbocycles. The molecule has 0 N–H and O–H groups in total. The third-order valence-electron chi connectivity index (χ3n) is 3.77. The van der Waals surface area contributed by atoms with Gasteiger partial charge in [-0.15, -0.1) is 0 Å². The van der Waals surface area contributed by atoms with Gasteiger partial charge in [-0.05, 0) is 30.2 Å². The smallest absolute Gasteiger partial charge is 0.331 e. The van der Waals surface area contributed by atoms with Gasteiger partial charge in [-0.3, -0.25) is 4.79 Å². The lowest BCUT2D eigenvalue weighted by atomic mass is 10.2. The molecule has 0 unspecified atom stereocenters. The van der Waals surface area contributed by atoms with E-state index in [4.69, 9.17) is 4.74 Å². The first-order chi connectivity index (χ1) is 11.3. The molecule has 1 saturated heterocycles. The van der Waals surface area contributed by atoms with E-state index in [-0.39, 0.29) is 17.5 Å². The van der Waals surface area contributed by atoms with Crippen LogP contribution in [0.25, 0.3) is 6.08 Å². The van der Waals surface area contributed by atoms with Gasteiger partial charge >= 0.3 is 5.97 Å². The summed E-state index contributed by atoms with van der Waals surface area (Å²) in [6, 6.07) is 7.00. The molecule has 1 aliphatic heterocycles. The first-order valence-electron chi connectivity index (χ1n) is 7.33. The molecule has 130 valence electrons. The van der Waals surface area contributed by atoms with E-state index < -0.39 is 28.3 Å². The molecule has 0 saturated carbocycles. The average molecular weight is 416 g/mol. The maximum absolute atomic E-state index is 12.0. The molecule has 0 spiro atoms. The second-order valence-electron chi connectivity index (χ2n) is 5.55. The lowest BCUT2D eigenvalue weighted by Crippen LogP contribution is -2.40. The number of carbonyl (C=O) groups is 2. The van der Waals surface area contributed by atoms with E-state index in [1.54, 1.807) is 6.08 Å². The van der Waals surface area contributed by atoms with Crippen molar-refractivity contribution in [1.82, 2.24) is 4.90 Å². The number of rotatable bonds is 5. The maximum Gasteiger partial charge on any atom is 0.331 e. The van der Waals surface area contributed by atoms with Gasteiger partial charge in [-0.2, -0.15) is 0 Å². The molecule has 1 fully saturated rings. The van der Waals surface area contributed by atoms with Crippen molar-refractivity contribution in [3.05, 3.63) is 40.4 Å². The lowest BCUT2D eigenvalue weighted by Gasteiger charge is -2.22. The van der Waals surface area contributed by atoms with E-state index in [0.717, 1.165) is 10.0 Å². The molecule has 0 bridgehead atoms. The van der Waals surface area contributed by atoms with Gasteiger partial charge in [0.05, 0.1) is 11.5 Å². The second kappa shape index (κ2) is 7.94. The van der Waals surface area contributed by atoms with Crippen molar-refractivity contribution in [1.29, 1.82) is 0 Å². The predicted molar refractivity (Wildman–Crippen MR) is 94.0 cm³/mol. The normalized spacial score (nSPS) is 19.3. The van der Waals surface area contributed by atoms with Crippen molar-refractivity contribution < 1.29 is 22.7 Å². The minimum absolute atomic E-state index is 0.0351. The van der Waals surface area contributed by atoms with Crippen LogP contribution >= 0.6 is 15.9 Å². The van der Waals surface area contributed by atoms with Gasteiger partial charge in [0.25, 0.3) is 5.91 Å². The molecule has 24 heavy (non-hydrogen) atoms. The number of hydrogen-bond donors (Lipinski definition) is 0. The van der Waals surface area contributed by atoms with Gasteiger partial charge < -0.3 is 9.64 Å². The Balaban J connectivity index is 1.80. The number of hydrogen-bond acceptors (Lipinski definition) is 5. The molecule has 1 amide bonds. The number of halogens is 1. The molecule has 1 aromatic rings. The molecular formula is C16H18BrNO5S. The van der Waals surface area contributed by atoms with Crippen molar-refractivity contribution in [3.63, 3.8) is 0 Å². The van der Waals surface area contributed by atoms with E-state index in [2.05, 4.69) is 15.9 Å². The number of amides is 1. The highest BCUT2D eigenvalue weighted by molar-refractivity contribution is 9.10. The van der Waals surface area contributed by atoms with Crippen molar-refractivity contribution in [2.24, 2.45) is 0 Å². The van der Waals surface area contributed by atoms with Crippen LogP contribution in [0, 0.1) is 0 Å². The largest absolute Gasteiger partial charge is 0.452 e. The summed E-state index contributed by atoms with van der Waals surface area (Å²) in [6.07, 6.45) is 3.26. The van der Waals surface area contributed by atoms with Crippen LogP contribution < -0.4 is 0 Å². The fraction of sp³-hybridized carbons (Fsp3) is 0.375. The van der Waals surface area contributed by atoms with Gasteiger partial charge in [0.2, 0.25) is 0 Å². The summed E-state index contributed by atoms with van der Waals surface area (Å²) in [5.74, 6) is -0.987. The first-order valence-corrected chi connectivity index (χ1v) is 9.95. The number of likely N-dealkylation sites (N-methyl/N-ethyl adjacent to an activating group) is 1. The summed E-state index contributed by atoms with van der Waals surface area (Å²) < 4.78 is 28.7. The molecule has 1 aliphatic rings. The zero-order chi connectivity index (χ0) is 17.7. The molecule has 1 atom stereocenters. The molecule has 0 aliphatic carbocycles. The van der Waals surface area contributed by atoms with Crippen LogP contribution in [-0.4, -0.2) is 56.4 Å². The highest BCUT2D eigenvalue weighted by Gasteiger charge is 2.32. The SMILES string of the molecule is CN(C(=O)COC(=O)/C=C/c1ccc(Br)cc1)[C@@H]1CCS(=O)(=O)C1. The molecule has 8 heteroatoms. The second-order valence-corrected chi connectivity index (χ2v) is 8.70. The Kier molecular flexibility index (Phi) is 6.17. The third-order valence-corrected chi connectivity index (χ3v) is 6.05. The predicted octanol–water partition coefficient (Wildman–Crippen LogP) is 1.65. The Hall–Kier alpha value is -1.67. The minimum atomic E-state index is -3.06. The number of ether oxygens (including phenoxy) is 1. The highest BCUT2D eigenvalue weighted by atomic mass is 79.9. The zero-order valence-electron chi connectivity index (χ0n) is 13.1. The van der Waals surface area contributed by atoms with Crippen LogP contribution in [0.2, 0.25) is 0 Å². The van der Waals surface area contributed by atoms with Gasteiger partial charge in [0, 0.05) is 23.6 Å². The summed E-state index contributed by atoms with van der Waals surface area (Å²) >= 11 is 3.32. The van der Waals surface area contributed by atoms with Gasteiger partial charge in [0.15, 0.2) is 16.4 Å². The van der Waals surface area contributed by atoms with Crippen molar-refractivity contribution in [3.8, 4) is 0 Å². The summed E-state index contributed by atoms with van der Waals surface area (Å²) in [6.45, 7) is -0.406. The van der Waals surface area contributed by atoms with Gasteiger partial charge in [0.1, 0.15) is 0 Å². The maximum atomic E-state index is 12.0. The van der Waals surface area contributed by atoms with Crippen LogP contribution in [0.15, 0.2) is 34.8 Å². The molecule has 0 radical (unpaired) electrons. The number of sulfone groups is 1. The van der Waals surface area contributed by atoms with E-state index in [0.29, 0.717) is 6.42 Å². The van der Waals surface area contributed by atoms with Crippen LogP contribution in [0.4, 0.5) is 0 Å². The Bertz CT molecular complexity index is 742. The van der Waals surface area contributed by atoms with E-state index in [1.165, 1.54) is 18.0 Å². The molecule has 1 heterocycles. The number of benzene rings is 1. The number of esters is 1. The average Bonchev–Trinajstić information content (AvgIpc) is 2.91. The zero-order valence-corrected chi connectivity index (χ0v) is 15.5. The Morgan fingerprint density at radius 1 is 1.33 bits per heavy atom. The minimum Gasteiger partial charge on any atom is -0.452 e. The van der Waals surface area contributed by atoms with Crippen molar-refractivity contribution in [2.75, 3.05) is 25.2 Å². The molecule has 6 nitrogen and oxygen atoms in total. The lowest BCUT2D eigenvalue weighted by molar-refractivity contribution is -0.148. The van der Waals surface area contributed by atoms with Crippen LogP contribution in [-0.2, 0) is 24.2 Å². The Morgan fingerprint density at radius 2 is 2.00 bits per heavy atom. The van der Waals surface area contributed by atoms with E-state index >= 15 is 0 Å². The van der Waals surface area contributed by atoms with Gasteiger partial charge in [-0.25, -0.2) is 13.2 Å². The topological polar surface area (TPSA) is 80.8 Å². The number of nitrogens with zero attached hydrogens (tertiary/aromatic N) is 1. The highest BCUT2D eigenvalue weighted by Crippen LogP contribution is 2.16. The van der Waals surface area contributed by atoms with Crippen LogP contribution in [0.5, 0.6) is 0 Å². The summed E-state index contributed by atoms with van der Waals surface area (Å²) in [5, 5.41) is 0. The quantitative estimate of drug-likeness (QED) is 0.539. The monoisotopic (exact) mass is 415 g/mol. The fourth-order valence-electron chi connectivity index (χ4n) is 2.31. The van der Waals surface area contributed by atoms with Gasteiger partial charge in [-0.1, -0.05) is 28.1 Å². The molecular weight excluding hydrogens is 398 g/mol. The first kappa shape index (κ1) is 18.7. The van der Waals surface area contributed by atoms with Crippen LogP contribution in [0.1, 0.15) is 12.0 Å².